The van der Waals surface area contributed by atoms with Crippen LogP contribution < -0.4 is 4.90 Å². The van der Waals surface area contributed by atoms with E-state index >= 15 is 0 Å². The van der Waals surface area contributed by atoms with Crippen molar-refractivity contribution in [3.8, 4) is 0 Å². The van der Waals surface area contributed by atoms with E-state index in [0.717, 1.165) is 58.3 Å². The fraction of sp³-hybridized carbons (Fsp3) is 0.419. The van der Waals surface area contributed by atoms with Gasteiger partial charge in [0, 0.05) is 43.8 Å². The molecule has 2 aliphatic rings. The topological polar surface area (TPSA) is 26.7 Å². The molecule has 178 valence electrons. The van der Waals surface area contributed by atoms with Gasteiger partial charge in [-0.25, -0.2) is 0 Å². The lowest BCUT2D eigenvalue weighted by atomic mass is 9.67. The minimum Gasteiger partial charge on any atom is -0.390 e. The number of piperazine rings is 1. The summed E-state index contributed by atoms with van der Waals surface area (Å²) in [6.45, 7) is 4.12. The molecule has 1 aliphatic carbocycles. The van der Waals surface area contributed by atoms with Gasteiger partial charge in [-0.1, -0.05) is 91.7 Å². The van der Waals surface area contributed by atoms with E-state index in [1.165, 1.54) is 23.2 Å². The minimum absolute atomic E-state index is 0.260. The number of hydrogen-bond donors (Lipinski definition) is 1. The zero-order valence-corrected chi connectivity index (χ0v) is 20.2. The highest BCUT2D eigenvalue weighted by molar-refractivity contribution is 5.46. The molecule has 5 rings (SSSR count). The first kappa shape index (κ1) is 23.1. The third-order valence-corrected chi connectivity index (χ3v) is 8.11. The van der Waals surface area contributed by atoms with Gasteiger partial charge in [-0.05, 0) is 48.9 Å². The summed E-state index contributed by atoms with van der Waals surface area (Å²) in [7, 11) is 0. The van der Waals surface area contributed by atoms with Crippen molar-refractivity contribution in [1.29, 1.82) is 0 Å². The molecular weight excluding hydrogens is 416 g/mol. The summed E-state index contributed by atoms with van der Waals surface area (Å²) in [5, 5.41) is 12.1. The van der Waals surface area contributed by atoms with Crippen molar-refractivity contribution in [3.63, 3.8) is 0 Å². The largest absolute Gasteiger partial charge is 0.390 e. The van der Waals surface area contributed by atoms with Crippen LogP contribution in [0.15, 0.2) is 91.0 Å². The smallest absolute Gasteiger partial charge is 0.0697 e. The number of para-hydroxylation sites is 1. The van der Waals surface area contributed by atoms with E-state index in [4.69, 9.17) is 0 Å². The Labute approximate surface area is 205 Å². The molecule has 0 amide bonds. The summed E-state index contributed by atoms with van der Waals surface area (Å²) in [4.78, 5) is 5.17. The van der Waals surface area contributed by atoms with Crippen LogP contribution in [0.5, 0.6) is 0 Å². The molecule has 0 aromatic heterocycles. The van der Waals surface area contributed by atoms with Crippen LogP contribution in [0.3, 0.4) is 0 Å². The zero-order chi connectivity index (χ0) is 23.2. The van der Waals surface area contributed by atoms with Gasteiger partial charge in [0.2, 0.25) is 0 Å². The van der Waals surface area contributed by atoms with Crippen molar-refractivity contribution in [3.05, 3.63) is 102 Å². The summed E-state index contributed by atoms with van der Waals surface area (Å²) in [5.41, 5.74) is 3.38. The molecule has 3 unspecified atom stereocenters. The summed E-state index contributed by atoms with van der Waals surface area (Å²) >= 11 is 0. The molecular formula is C31H38N2O. The third-order valence-electron chi connectivity index (χ3n) is 8.11. The van der Waals surface area contributed by atoms with Crippen LogP contribution in [-0.4, -0.2) is 41.8 Å². The van der Waals surface area contributed by atoms with E-state index in [0.29, 0.717) is 0 Å². The van der Waals surface area contributed by atoms with Crippen LogP contribution in [0.2, 0.25) is 0 Å². The third kappa shape index (κ3) is 5.21. The van der Waals surface area contributed by atoms with Crippen molar-refractivity contribution in [2.24, 2.45) is 5.92 Å². The van der Waals surface area contributed by atoms with Gasteiger partial charge in [-0.15, -0.1) is 0 Å². The van der Waals surface area contributed by atoms with Crippen molar-refractivity contribution in [2.45, 2.75) is 50.2 Å². The van der Waals surface area contributed by atoms with E-state index in [9.17, 15) is 5.11 Å². The highest BCUT2D eigenvalue weighted by Crippen LogP contribution is 2.46. The van der Waals surface area contributed by atoms with Crippen LogP contribution in [-0.2, 0) is 6.42 Å². The lowest BCUT2D eigenvalue weighted by molar-refractivity contribution is -0.0896. The van der Waals surface area contributed by atoms with E-state index in [2.05, 4.69) is 101 Å². The van der Waals surface area contributed by atoms with Gasteiger partial charge < -0.3 is 10.0 Å². The molecule has 1 N–H and O–H groups in total. The number of benzene rings is 3. The molecule has 1 saturated heterocycles. The average molecular weight is 455 g/mol. The lowest BCUT2D eigenvalue weighted by Gasteiger charge is -2.50. The molecule has 0 bridgehead atoms. The molecule has 3 atom stereocenters. The van der Waals surface area contributed by atoms with E-state index in [1.807, 2.05) is 0 Å². The number of nitrogens with zero attached hydrogens (tertiary/aromatic N) is 2. The van der Waals surface area contributed by atoms with E-state index in [-0.39, 0.29) is 12.0 Å². The quantitative estimate of drug-likeness (QED) is 0.467. The van der Waals surface area contributed by atoms with Crippen LogP contribution in [0.4, 0.5) is 5.69 Å². The summed E-state index contributed by atoms with van der Waals surface area (Å²) in [5.74, 6) is 0.260. The summed E-state index contributed by atoms with van der Waals surface area (Å²) in [6, 6.07) is 32.7. The molecule has 34 heavy (non-hydrogen) atoms. The normalized spacial score (nSPS) is 24.6. The van der Waals surface area contributed by atoms with Crippen LogP contribution >= 0.6 is 0 Å². The van der Waals surface area contributed by atoms with E-state index in [1.54, 1.807) is 0 Å². The maximum atomic E-state index is 12.1. The Morgan fingerprint density at radius 1 is 0.765 bits per heavy atom. The molecule has 2 fully saturated rings. The fourth-order valence-electron chi connectivity index (χ4n) is 6.26. The Balaban J connectivity index is 1.37. The predicted octanol–water partition coefficient (Wildman–Crippen LogP) is 6.10. The van der Waals surface area contributed by atoms with Crippen molar-refractivity contribution < 1.29 is 5.11 Å². The number of aryl methyl sites for hydroxylation is 1. The Morgan fingerprint density at radius 2 is 1.38 bits per heavy atom. The molecule has 3 aromatic rings. The van der Waals surface area contributed by atoms with Crippen LogP contribution in [0.25, 0.3) is 0 Å². The van der Waals surface area contributed by atoms with Gasteiger partial charge >= 0.3 is 0 Å². The van der Waals surface area contributed by atoms with Gasteiger partial charge in [0.15, 0.2) is 0 Å². The van der Waals surface area contributed by atoms with Crippen LogP contribution in [0, 0.1) is 5.92 Å². The Hall–Kier alpha value is -2.62. The maximum absolute atomic E-state index is 12.1. The maximum Gasteiger partial charge on any atom is 0.0697 e. The first-order valence-electron chi connectivity index (χ1n) is 13.1. The summed E-state index contributed by atoms with van der Waals surface area (Å²) < 4.78 is 0. The monoisotopic (exact) mass is 454 g/mol. The second-order valence-corrected chi connectivity index (χ2v) is 10.2. The first-order valence-corrected chi connectivity index (χ1v) is 13.1. The van der Waals surface area contributed by atoms with E-state index < -0.39 is 5.60 Å². The second kappa shape index (κ2) is 10.8. The molecule has 3 aromatic carbocycles. The lowest BCUT2D eigenvalue weighted by Crippen LogP contribution is -2.53. The first-order chi connectivity index (χ1) is 16.7. The summed E-state index contributed by atoms with van der Waals surface area (Å²) in [6.07, 6.45) is 6.14. The second-order valence-electron chi connectivity index (χ2n) is 10.2. The fourth-order valence-corrected chi connectivity index (χ4v) is 6.26. The number of anilines is 1. The molecule has 1 saturated carbocycles. The van der Waals surface area contributed by atoms with Crippen molar-refractivity contribution in [2.75, 3.05) is 31.1 Å². The van der Waals surface area contributed by atoms with Gasteiger partial charge in [-0.3, -0.25) is 4.90 Å². The Bertz CT molecular complexity index is 1000. The van der Waals surface area contributed by atoms with Crippen molar-refractivity contribution in [1.82, 2.24) is 4.90 Å². The van der Waals surface area contributed by atoms with Gasteiger partial charge in [0.05, 0.1) is 5.60 Å². The Morgan fingerprint density at radius 3 is 2.06 bits per heavy atom. The molecule has 0 radical (unpaired) electrons. The number of aliphatic hydroxyl groups is 1. The average Bonchev–Trinajstić information content (AvgIpc) is 2.91. The SMILES string of the molecule is OC1(CCc2ccccc2)CCCCC1C(c1ccccc1)N1CCN(c2ccccc2)CC1. The molecule has 1 heterocycles. The standard InChI is InChI=1S/C31H38N2O/c34-31(21-19-26-12-4-1-5-13-26)20-11-10-18-29(31)30(27-14-6-2-7-15-27)33-24-22-32(23-25-33)28-16-8-3-9-17-28/h1-9,12-17,29-30,34H,10-11,18-25H2. The van der Waals surface area contributed by atoms with Crippen molar-refractivity contribution >= 4 is 5.69 Å². The number of hydrogen-bond acceptors (Lipinski definition) is 3. The molecule has 0 spiro atoms. The highest BCUT2D eigenvalue weighted by Gasteiger charge is 2.45. The van der Waals surface area contributed by atoms with Gasteiger partial charge in [0.1, 0.15) is 0 Å². The zero-order valence-electron chi connectivity index (χ0n) is 20.2. The Kier molecular flexibility index (Phi) is 7.32. The number of rotatable bonds is 7. The van der Waals surface area contributed by atoms with Gasteiger partial charge in [0.25, 0.3) is 0 Å². The minimum atomic E-state index is -0.620. The van der Waals surface area contributed by atoms with Crippen LogP contribution in [0.1, 0.15) is 49.3 Å². The highest BCUT2D eigenvalue weighted by atomic mass is 16.3. The molecule has 3 nitrogen and oxygen atoms in total. The molecule has 3 heteroatoms. The predicted molar refractivity (Wildman–Crippen MR) is 141 cm³/mol. The molecule has 1 aliphatic heterocycles. The van der Waals surface area contributed by atoms with Gasteiger partial charge in [-0.2, -0.15) is 0 Å².